The normalized spacial score (nSPS) is 10.5. The van der Waals surface area contributed by atoms with Gasteiger partial charge in [0.15, 0.2) is 0 Å². The maximum absolute atomic E-state index is 13.0. The first-order chi connectivity index (χ1) is 7.56. The number of hydrogen-bond donors (Lipinski definition) is 0. The maximum atomic E-state index is 13.0. The summed E-state index contributed by atoms with van der Waals surface area (Å²) in [6.07, 6.45) is 0. The lowest BCUT2D eigenvalue weighted by Gasteiger charge is -2.05. The minimum absolute atomic E-state index is 0.345. The molecule has 0 bridgehead atoms. The Balaban J connectivity index is 2.58. The van der Waals surface area contributed by atoms with Crippen molar-refractivity contribution in [1.29, 1.82) is 0 Å². The summed E-state index contributed by atoms with van der Waals surface area (Å²) in [5.41, 5.74) is 0.883. The molecule has 0 unspecified atom stereocenters. The summed E-state index contributed by atoms with van der Waals surface area (Å²) in [6.45, 7) is 0. The van der Waals surface area contributed by atoms with E-state index in [1.54, 1.807) is 12.1 Å². The average molecular weight is 258 g/mol. The van der Waals surface area contributed by atoms with Crippen LogP contribution in [0.3, 0.4) is 0 Å². The van der Waals surface area contributed by atoms with E-state index in [0.717, 1.165) is 12.1 Å². The van der Waals surface area contributed by atoms with Crippen molar-refractivity contribution in [2.24, 2.45) is 0 Å². The lowest BCUT2D eigenvalue weighted by molar-refractivity contribution is 0.580. The SMILES string of the molecule is Fc1[c]c(F)cc(-c2ccc(Cl)cc2Cl)c1. The summed E-state index contributed by atoms with van der Waals surface area (Å²) in [5, 5.41) is 0.815. The zero-order valence-electron chi connectivity index (χ0n) is 7.90. The van der Waals surface area contributed by atoms with Crippen molar-refractivity contribution in [1.82, 2.24) is 0 Å². The molecule has 0 aliphatic heterocycles. The minimum Gasteiger partial charge on any atom is -0.206 e. The largest absolute Gasteiger partial charge is 0.206 e. The Kier molecular flexibility index (Phi) is 3.13. The Labute approximate surface area is 101 Å². The van der Waals surface area contributed by atoms with Crippen LogP contribution in [0.25, 0.3) is 11.1 Å². The zero-order valence-corrected chi connectivity index (χ0v) is 9.41. The third-order valence-electron chi connectivity index (χ3n) is 2.05. The second kappa shape index (κ2) is 4.40. The van der Waals surface area contributed by atoms with Crippen molar-refractivity contribution in [3.8, 4) is 11.1 Å². The molecule has 0 nitrogen and oxygen atoms in total. The first-order valence-corrected chi connectivity index (χ1v) is 5.15. The predicted molar refractivity (Wildman–Crippen MR) is 60.7 cm³/mol. The highest BCUT2D eigenvalue weighted by Gasteiger charge is 2.07. The van der Waals surface area contributed by atoms with Crippen molar-refractivity contribution >= 4 is 23.2 Å². The molecule has 16 heavy (non-hydrogen) atoms. The van der Waals surface area contributed by atoms with E-state index < -0.39 is 11.6 Å². The number of benzene rings is 2. The fraction of sp³-hybridized carbons (Fsp3) is 0. The summed E-state index contributed by atoms with van der Waals surface area (Å²) >= 11 is 11.7. The Morgan fingerprint density at radius 3 is 2.12 bits per heavy atom. The number of halogens is 4. The molecule has 0 saturated carbocycles. The molecule has 0 heterocycles. The van der Waals surface area contributed by atoms with Crippen LogP contribution in [0.15, 0.2) is 30.3 Å². The summed E-state index contributed by atoms with van der Waals surface area (Å²) in [7, 11) is 0. The van der Waals surface area contributed by atoms with Gasteiger partial charge in [0.1, 0.15) is 11.6 Å². The molecule has 81 valence electrons. The van der Waals surface area contributed by atoms with Crippen LogP contribution < -0.4 is 0 Å². The van der Waals surface area contributed by atoms with Gasteiger partial charge in [-0.15, -0.1) is 0 Å². The number of rotatable bonds is 1. The second-order valence-corrected chi connectivity index (χ2v) is 4.03. The van der Waals surface area contributed by atoms with Gasteiger partial charge >= 0.3 is 0 Å². The van der Waals surface area contributed by atoms with E-state index in [2.05, 4.69) is 0 Å². The van der Waals surface area contributed by atoms with Gasteiger partial charge in [0.2, 0.25) is 0 Å². The van der Waals surface area contributed by atoms with E-state index >= 15 is 0 Å². The average Bonchev–Trinajstić information content (AvgIpc) is 2.15. The summed E-state index contributed by atoms with van der Waals surface area (Å²) < 4.78 is 25.9. The third kappa shape index (κ3) is 2.34. The molecule has 1 radical (unpaired) electrons. The molecule has 0 atom stereocenters. The van der Waals surface area contributed by atoms with Gasteiger partial charge in [-0.1, -0.05) is 29.3 Å². The molecule has 4 heteroatoms. The van der Waals surface area contributed by atoms with Gasteiger partial charge in [-0.25, -0.2) is 8.78 Å². The van der Waals surface area contributed by atoms with Crippen LogP contribution in [0.1, 0.15) is 0 Å². The highest BCUT2D eigenvalue weighted by atomic mass is 35.5. The molecule has 0 aromatic heterocycles. The van der Waals surface area contributed by atoms with Crippen LogP contribution in [0.5, 0.6) is 0 Å². The van der Waals surface area contributed by atoms with E-state index in [9.17, 15) is 8.78 Å². The standard InChI is InChI=1S/C12H5Cl2F2/c13-8-1-2-11(12(14)5-8)7-3-9(15)6-10(16)4-7/h1-5H. The predicted octanol–water partition coefficient (Wildman–Crippen LogP) is 4.74. The van der Waals surface area contributed by atoms with Gasteiger partial charge in [-0.05, 0) is 29.8 Å². The van der Waals surface area contributed by atoms with Crippen molar-refractivity contribution < 1.29 is 8.78 Å². The lowest BCUT2D eigenvalue weighted by Crippen LogP contribution is -1.85. The van der Waals surface area contributed by atoms with Gasteiger partial charge in [-0.3, -0.25) is 0 Å². The second-order valence-electron chi connectivity index (χ2n) is 3.19. The lowest BCUT2D eigenvalue weighted by atomic mass is 10.1. The molecule has 0 spiro atoms. The Morgan fingerprint density at radius 2 is 1.56 bits per heavy atom. The van der Waals surface area contributed by atoms with Crippen LogP contribution in [-0.4, -0.2) is 0 Å². The van der Waals surface area contributed by atoms with E-state index in [1.807, 2.05) is 6.07 Å². The van der Waals surface area contributed by atoms with E-state index in [-0.39, 0.29) is 0 Å². The highest BCUT2D eigenvalue weighted by molar-refractivity contribution is 6.36. The first kappa shape index (κ1) is 11.4. The molecule has 0 N–H and O–H groups in total. The van der Waals surface area contributed by atoms with Crippen molar-refractivity contribution in [2.45, 2.75) is 0 Å². The molecule has 2 aromatic rings. The summed E-state index contributed by atoms with van der Waals surface area (Å²) in [4.78, 5) is 0. The van der Waals surface area contributed by atoms with Gasteiger partial charge in [0, 0.05) is 15.6 Å². The molecule has 0 aliphatic rings. The fourth-order valence-electron chi connectivity index (χ4n) is 1.38. The maximum Gasteiger partial charge on any atom is 0.134 e. The van der Waals surface area contributed by atoms with E-state index in [0.29, 0.717) is 21.2 Å². The molecule has 0 aliphatic carbocycles. The van der Waals surface area contributed by atoms with Crippen LogP contribution in [0.4, 0.5) is 8.78 Å². The minimum atomic E-state index is -0.763. The fourth-order valence-corrected chi connectivity index (χ4v) is 1.90. The van der Waals surface area contributed by atoms with Crippen LogP contribution in [0.2, 0.25) is 10.0 Å². The summed E-state index contributed by atoms with van der Waals surface area (Å²) in [6, 6.07) is 8.97. The topological polar surface area (TPSA) is 0 Å². The smallest absolute Gasteiger partial charge is 0.134 e. The van der Waals surface area contributed by atoms with Gasteiger partial charge in [0.25, 0.3) is 0 Å². The van der Waals surface area contributed by atoms with E-state index in [1.165, 1.54) is 6.07 Å². The third-order valence-corrected chi connectivity index (χ3v) is 2.59. The van der Waals surface area contributed by atoms with Gasteiger partial charge in [0.05, 0.1) is 6.07 Å². The van der Waals surface area contributed by atoms with Crippen molar-refractivity contribution in [3.05, 3.63) is 58.1 Å². The quantitative estimate of drug-likeness (QED) is 0.693. The van der Waals surface area contributed by atoms with Crippen LogP contribution >= 0.6 is 23.2 Å². The monoisotopic (exact) mass is 257 g/mol. The Bertz CT molecular complexity index is 518. The molecule has 0 saturated heterocycles. The summed E-state index contributed by atoms with van der Waals surface area (Å²) in [5.74, 6) is -1.53. The number of hydrogen-bond acceptors (Lipinski definition) is 0. The first-order valence-electron chi connectivity index (χ1n) is 4.40. The van der Waals surface area contributed by atoms with Gasteiger partial charge in [-0.2, -0.15) is 0 Å². The Morgan fingerprint density at radius 1 is 0.938 bits per heavy atom. The molecule has 0 fully saturated rings. The van der Waals surface area contributed by atoms with Crippen LogP contribution in [0, 0.1) is 17.7 Å². The molecule has 2 aromatic carbocycles. The highest BCUT2D eigenvalue weighted by Crippen LogP contribution is 2.30. The van der Waals surface area contributed by atoms with Crippen molar-refractivity contribution in [2.75, 3.05) is 0 Å². The molecular formula is C12H5Cl2F2. The Hall–Kier alpha value is -1.12. The zero-order chi connectivity index (χ0) is 11.7. The van der Waals surface area contributed by atoms with Crippen LogP contribution in [-0.2, 0) is 0 Å². The van der Waals surface area contributed by atoms with Gasteiger partial charge < -0.3 is 0 Å². The van der Waals surface area contributed by atoms with Crippen molar-refractivity contribution in [3.63, 3.8) is 0 Å². The molecule has 0 amide bonds. The molecule has 2 rings (SSSR count). The molecular weight excluding hydrogens is 253 g/mol. The van der Waals surface area contributed by atoms with E-state index in [4.69, 9.17) is 23.2 Å².